The van der Waals surface area contributed by atoms with E-state index in [9.17, 15) is 9.90 Å². The molecule has 0 radical (unpaired) electrons. The number of aliphatic carboxylic acids is 1. The molecule has 14 heavy (non-hydrogen) atoms. The Balaban J connectivity index is 1.97. The standard InChI is InChI=1S/C10H18N2O2/c13-10(14)9(12-5-2-6-12)8-3-1-4-11-7-8/h8-9,11H,1-7H2,(H,13,14). The molecule has 0 saturated carbocycles. The van der Waals surface area contributed by atoms with Gasteiger partial charge in [0.1, 0.15) is 6.04 Å². The van der Waals surface area contributed by atoms with Crippen LogP contribution in [0.25, 0.3) is 0 Å². The fourth-order valence-corrected chi connectivity index (χ4v) is 2.42. The summed E-state index contributed by atoms with van der Waals surface area (Å²) in [6.45, 7) is 3.84. The highest BCUT2D eigenvalue weighted by molar-refractivity contribution is 5.74. The van der Waals surface area contributed by atoms with Crippen LogP contribution in [-0.4, -0.2) is 48.2 Å². The van der Waals surface area contributed by atoms with Crippen LogP contribution in [0.15, 0.2) is 0 Å². The van der Waals surface area contributed by atoms with E-state index in [1.807, 2.05) is 0 Å². The summed E-state index contributed by atoms with van der Waals surface area (Å²) in [4.78, 5) is 13.3. The third-order valence-electron chi connectivity index (χ3n) is 3.32. The SMILES string of the molecule is O=C(O)C(C1CCCNC1)N1CCC1. The van der Waals surface area contributed by atoms with Gasteiger partial charge in [-0.1, -0.05) is 0 Å². The van der Waals surface area contributed by atoms with Crippen molar-refractivity contribution in [2.75, 3.05) is 26.2 Å². The van der Waals surface area contributed by atoms with E-state index in [4.69, 9.17) is 0 Å². The molecule has 0 aromatic carbocycles. The predicted molar refractivity (Wildman–Crippen MR) is 53.2 cm³/mol. The van der Waals surface area contributed by atoms with Gasteiger partial charge < -0.3 is 10.4 Å². The molecule has 0 amide bonds. The van der Waals surface area contributed by atoms with Crippen LogP contribution in [0.5, 0.6) is 0 Å². The number of rotatable bonds is 3. The van der Waals surface area contributed by atoms with Crippen LogP contribution in [0.3, 0.4) is 0 Å². The summed E-state index contributed by atoms with van der Waals surface area (Å²) in [5.74, 6) is -0.333. The fraction of sp³-hybridized carbons (Fsp3) is 0.900. The summed E-state index contributed by atoms with van der Waals surface area (Å²) in [6, 6.07) is -0.239. The minimum absolute atomic E-state index is 0.239. The second-order valence-electron chi connectivity index (χ2n) is 4.28. The molecule has 2 aliphatic rings. The van der Waals surface area contributed by atoms with Gasteiger partial charge in [-0.25, -0.2) is 0 Å². The smallest absolute Gasteiger partial charge is 0.321 e. The van der Waals surface area contributed by atoms with Crippen LogP contribution in [0.4, 0.5) is 0 Å². The molecule has 80 valence electrons. The summed E-state index contributed by atoms with van der Waals surface area (Å²) < 4.78 is 0. The molecule has 4 heteroatoms. The normalized spacial score (nSPS) is 30.7. The summed E-state index contributed by atoms with van der Waals surface area (Å²) in [5, 5.41) is 12.5. The first-order valence-corrected chi connectivity index (χ1v) is 5.46. The topological polar surface area (TPSA) is 52.6 Å². The lowest BCUT2D eigenvalue weighted by Crippen LogP contribution is -2.55. The first-order chi connectivity index (χ1) is 6.79. The fourth-order valence-electron chi connectivity index (χ4n) is 2.42. The molecule has 0 bridgehead atoms. The van der Waals surface area contributed by atoms with E-state index >= 15 is 0 Å². The van der Waals surface area contributed by atoms with Crippen molar-refractivity contribution in [3.8, 4) is 0 Å². The van der Waals surface area contributed by atoms with Crippen molar-refractivity contribution in [3.63, 3.8) is 0 Å². The van der Waals surface area contributed by atoms with Crippen molar-refractivity contribution in [1.82, 2.24) is 10.2 Å². The van der Waals surface area contributed by atoms with Gasteiger partial charge in [-0.05, 0) is 31.7 Å². The lowest BCUT2D eigenvalue weighted by molar-refractivity contribution is -0.147. The van der Waals surface area contributed by atoms with Crippen molar-refractivity contribution in [3.05, 3.63) is 0 Å². The Kier molecular flexibility index (Phi) is 3.03. The highest BCUT2D eigenvalue weighted by atomic mass is 16.4. The first kappa shape index (κ1) is 9.93. The minimum Gasteiger partial charge on any atom is -0.480 e. The highest BCUT2D eigenvalue weighted by Crippen LogP contribution is 2.23. The van der Waals surface area contributed by atoms with Crippen molar-refractivity contribution >= 4 is 5.97 Å². The number of hydrogen-bond acceptors (Lipinski definition) is 3. The van der Waals surface area contributed by atoms with Gasteiger partial charge in [0.05, 0.1) is 0 Å². The second kappa shape index (κ2) is 4.28. The minimum atomic E-state index is -0.640. The molecule has 2 heterocycles. The Morgan fingerprint density at radius 2 is 2.21 bits per heavy atom. The maximum absolute atomic E-state index is 11.2. The van der Waals surface area contributed by atoms with Crippen LogP contribution in [0.2, 0.25) is 0 Å². The van der Waals surface area contributed by atoms with Gasteiger partial charge in [0.25, 0.3) is 0 Å². The van der Waals surface area contributed by atoms with Gasteiger partial charge in [-0.3, -0.25) is 9.69 Å². The molecule has 2 N–H and O–H groups in total. The quantitative estimate of drug-likeness (QED) is 0.677. The zero-order valence-electron chi connectivity index (χ0n) is 8.41. The maximum Gasteiger partial charge on any atom is 0.321 e. The molecule has 0 aromatic rings. The third-order valence-corrected chi connectivity index (χ3v) is 3.32. The van der Waals surface area contributed by atoms with Crippen molar-refractivity contribution in [2.24, 2.45) is 5.92 Å². The number of nitrogens with one attached hydrogen (secondary N) is 1. The van der Waals surface area contributed by atoms with E-state index in [-0.39, 0.29) is 6.04 Å². The molecule has 0 aromatic heterocycles. The Morgan fingerprint density at radius 3 is 2.64 bits per heavy atom. The van der Waals surface area contributed by atoms with Crippen LogP contribution in [-0.2, 0) is 4.79 Å². The monoisotopic (exact) mass is 198 g/mol. The predicted octanol–water partition coefficient (Wildman–Crippen LogP) is 0.145. The Hall–Kier alpha value is -0.610. The van der Waals surface area contributed by atoms with E-state index in [1.165, 1.54) is 0 Å². The largest absolute Gasteiger partial charge is 0.480 e. The zero-order chi connectivity index (χ0) is 9.97. The molecule has 2 rings (SSSR count). The van der Waals surface area contributed by atoms with Gasteiger partial charge in [0, 0.05) is 19.6 Å². The Bertz CT molecular complexity index is 210. The third kappa shape index (κ3) is 1.91. The number of carboxylic acid groups (broad SMARTS) is 1. The van der Waals surface area contributed by atoms with E-state index in [1.54, 1.807) is 0 Å². The van der Waals surface area contributed by atoms with Crippen LogP contribution >= 0.6 is 0 Å². The maximum atomic E-state index is 11.2. The van der Waals surface area contributed by atoms with E-state index in [0.29, 0.717) is 5.92 Å². The molecule has 2 fully saturated rings. The molecule has 2 unspecified atom stereocenters. The summed E-state index contributed by atoms with van der Waals surface area (Å²) >= 11 is 0. The first-order valence-electron chi connectivity index (χ1n) is 5.46. The average molecular weight is 198 g/mol. The number of piperidine rings is 1. The number of carboxylic acids is 1. The van der Waals surface area contributed by atoms with E-state index in [0.717, 1.165) is 45.4 Å². The molecule has 0 spiro atoms. The molecule has 0 aliphatic carbocycles. The molecule has 4 nitrogen and oxygen atoms in total. The van der Waals surface area contributed by atoms with Crippen LogP contribution in [0.1, 0.15) is 19.3 Å². The number of likely N-dealkylation sites (tertiary alicyclic amines) is 1. The zero-order valence-corrected chi connectivity index (χ0v) is 8.41. The van der Waals surface area contributed by atoms with E-state index < -0.39 is 5.97 Å². The van der Waals surface area contributed by atoms with E-state index in [2.05, 4.69) is 10.2 Å². The van der Waals surface area contributed by atoms with Crippen molar-refractivity contribution in [1.29, 1.82) is 0 Å². The Labute approximate surface area is 84.3 Å². The lowest BCUT2D eigenvalue weighted by atomic mass is 9.89. The number of hydrogen-bond donors (Lipinski definition) is 2. The number of nitrogens with zero attached hydrogens (tertiary/aromatic N) is 1. The van der Waals surface area contributed by atoms with Crippen LogP contribution < -0.4 is 5.32 Å². The summed E-state index contributed by atoms with van der Waals surface area (Å²) in [6.07, 6.45) is 3.33. The van der Waals surface area contributed by atoms with Crippen LogP contribution in [0, 0.1) is 5.92 Å². The van der Waals surface area contributed by atoms with Gasteiger partial charge >= 0.3 is 5.97 Å². The molecular formula is C10H18N2O2. The van der Waals surface area contributed by atoms with Gasteiger partial charge in [0.2, 0.25) is 0 Å². The van der Waals surface area contributed by atoms with Gasteiger partial charge in [-0.2, -0.15) is 0 Å². The highest BCUT2D eigenvalue weighted by Gasteiger charge is 2.36. The van der Waals surface area contributed by atoms with Crippen molar-refractivity contribution in [2.45, 2.75) is 25.3 Å². The molecule has 2 aliphatic heterocycles. The van der Waals surface area contributed by atoms with Gasteiger partial charge in [0.15, 0.2) is 0 Å². The molecule has 2 saturated heterocycles. The average Bonchev–Trinajstić information content (AvgIpc) is 2.12. The summed E-state index contributed by atoms with van der Waals surface area (Å²) in [7, 11) is 0. The Morgan fingerprint density at radius 1 is 1.43 bits per heavy atom. The van der Waals surface area contributed by atoms with Gasteiger partial charge in [-0.15, -0.1) is 0 Å². The molecular weight excluding hydrogens is 180 g/mol. The number of carbonyl (C=O) groups is 1. The lowest BCUT2D eigenvalue weighted by Gasteiger charge is -2.41. The van der Waals surface area contributed by atoms with Crippen molar-refractivity contribution < 1.29 is 9.90 Å². The summed E-state index contributed by atoms with van der Waals surface area (Å²) in [5.41, 5.74) is 0. The molecule has 2 atom stereocenters. The second-order valence-corrected chi connectivity index (χ2v) is 4.28.